The van der Waals surface area contributed by atoms with Crippen molar-refractivity contribution in [2.75, 3.05) is 6.61 Å². The predicted octanol–water partition coefficient (Wildman–Crippen LogP) is 7.47. The van der Waals surface area contributed by atoms with Gasteiger partial charge in [-0.1, -0.05) is 54.1 Å². The van der Waals surface area contributed by atoms with Crippen LogP contribution in [0.1, 0.15) is 29.2 Å². The second kappa shape index (κ2) is 11.5. The van der Waals surface area contributed by atoms with Gasteiger partial charge in [0.15, 0.2) is 11.5 Å². The Kier molecular flexibility index (Phi) is 8.41. The minimum absolute atomic E-state index is 0.255. The second-order valence-corrected chi connectivity index (χ2v) is 10.4. The Balaban J connectivity index is 1.57. The lowest BCUT2D eigenvalue weighted by Gasteiger charge is -2.15. The van der Waals surface area contributed by atoms with Gasteiger partial charge in [0.2, 0.25) is 0 Å². The van der Waals surface area contributed by atoms with Gasteiger partial charge in [0.1, 0.15) is 6.61 Å². The molecule has 35 heavy (non-hydrogen) atoms. The van der Waals surface area contributed by atoms with Crippen LogP contribution in [0, 0.1) is 10.5 Å². The van der Waals surface area contributed by atoms with Crippen LogP contribution in [-0.4, -0.2) is 22.7 Å². The summed E-state index contributed by atoms with van der Waals surface area (Å²) in [4.78, 5) is 27.3. The molecule has 3 aromatic rings. The lowest BCUT2D eigenvalue weighted by Crippen LogP contribution is -2.27. The summed E-state index contributed by atoms with van der Waals surface area (Å²) in [5, 5.41) is 0.363. The third kappa shape index (κ3) is 6.02. The highest BCUT2D eigenvalue weighted by Gasteiger charge is 2.35. The summed E-state index contributed by atoms with van der Waals surface area (Å²) in [6.45, 7) is 4.87. The molecule has 0 aromatic heterocycles. The molecule has 1 saturated heterocycles. The number of aryl methyl sites for hydroxylation is 1. The minimum atomic E-state index is -0.296. The highest BCUT2D eigenvalue weighted by atomic mass is 127. The van der Waals surface area contributed by atoms with Crippen LogP contribution in [0.3, 0.4) is 0 Å². The van der Waals surface area contributed by atoms with E-state index in [4.69, 9.17) is 21.1 Å². The van der Waals surface area contributed by atoms with Crippen molar-refractivity contribution < 1.29 is 19.1 Å². The fourth-order valence-corrected chi connectivity index (χ4v) is 5.39. The van der Waals surface area contributed by atoms with E-state index < -0.39 is 0 Å². The van der Waals surface area contributed by atoms with E-state index in [1.54, 1.807) is 6.08 Å². The zero-order chi connectivity index (χ0) is 24.9. The fraction of sp³-hybridized carbons (Fsp3) is 0.185. The maximum atomic E-state index is 13.0. The van der Waals surface area contributed by atoms with Crippen molar-refractivity contribution in [1.29, 1.82) is 0 Å². The molecule has 0 radical (unpaired) electrons. The van der Waals surface area contributed by atoms with Crippen LogP contribution in [0.15, 0.2) is 65.6 Å². The van der Waals surface area contributed by atoms with Gasteiger partial charge in [-0.3, -0.25) is 14.5 Å². The zero-order valence-electron chi connectivity index (χ0n) is 19.2. The van der Waals surface area contributed by atoms with Crippen LogP contribution in [0.25, 0.3) is 6.08 Å². The number of imide groups is 1. The number of amides is 2. The largest absolute Gasteiger partial charge is 0.490 e. The molecule has 1 aliphatic rings. The van der Waals surface area contributed by atoms with E-state index in [2.05, 4.69) is 22.6 Å². The maximum absolute atomic E-state index is 13.0. The summed E-state index contributed by atoms with van der Waals surface area (Å²) in [5.74, 6) is 0.879. The molecular weight excluding hydrogens is 597 g/mol. The molecule has 3 aromatic carbocycles. The van der Waals surface area contributed by atoms with E-state index >= 15 is 0 Å². The molecule has 0 saturated carbocycles. The topological polar surface area (TPSA) is 55.8 Å². The Morgan fingerprint density at radius 2 is 1.74 bits per heavy atom. The highest BCUT2D eigenvalue weighted by molar-refractivity contribution is 14.1. The number of carbonyl (C=O) groups is 2. The van der Waals surface area contributed by atoms with Gasteiger partial charge < -0.3 is 9.47 Å². The number of rotatable bonds is 8. The Bertz CT molecular complexity index is 1310. The summed E-state index contributed by atoms with van der Waals surface area (Å²) in [6.07, 6.45) is 1.73. The third-order valence-electron chi connectivity index (χ3n) is 5.42. The number of nitrogens with zero attached hydrogens (tertiary/aromatic N) is 1. The second-order valence-electron chi connectivity index (χ2n) is 7.84. The molecule has 0 spiro atoms. The SMILES string of the molecule is CCOc1cc(/C=C2\SC(=O)N(Cc3ccccc3C)C2=O)cc(I)c1OCc1ccccc1Cl. The smallest absolute Gasteiger partial charge is 0.293 e. The average molecular weight is 620 g/mol. The van der Waals surface area contributed by atoms with Crippen LogP contribution in [0.2, 0.25) is 5.02 Å². The Morgan fingerprint density at radius 3 is 2.46 bits per heavy atom. The lowest BCUT2D eigenvalue weighted by molar-refractivity contribution is -0.123. The predicted molar refractivity (Wildman–Crippen MR) is 149 cm³/mol. The molecule has 180 valence electrons. The van der Waals surface area contributed by atoms with Crippen LogP contribution in [0.4, 0.5) is 4.79 Å². The van der Waals surface area contributed by atoms with Crippen molar-refractivity contribution in [3.63, 3.8) is 0 Å². The average Bonchev–Trinajstić information content (AvgIpc) is 3.08. The van der Waals surface area contributed by atoms with Gasteiger partial charge in [0.25, 0.3) is 11.1 Å². The molecule has 0 unspecified atom stereocenters. The lowest BCUT2D eigenvalue weighted by atomic mass is 10.1. The van der Waals surface area contributed by atoms with Crippen molar-refractivity contribution in [3.05, 3.63) is 96.4 Å². The standard InChI is InChI=1S/C27H23ClINO4S/c1-3-33-23-13-18(12-22(29)25(23)34-16-20-10-6-7-11-21(20)28)14-24-26(31)30(27(32)35-24)15-19-9-5-4-8-17(19)2/h4-14H,3,15-16H2,1-2H3/b24-14-. The third-order valence-corrected chi connectivity index (χ3v) is 7.50. The van der Waals surface area contributed by atoms with Gasteiger partial charge in [-0.15, -0.1) is 0 Å². The number of halogens is 2. The highest BCUT2D eigenvalue weighted by Crippen LogP contribution is 2.38. The first-order valence-electron chi connectivity index (χ1n) is 11.0. The number of thioether (sulfide) groups is 1. The number of hydrogen-bond donors (Lipinski definition) is 0. The molecule has 1 heterocycles. The van der Waals surface area contributed by atoms with E-state index in [0.29, 0.717) is 34.6 Å². The van der Waals surface area contributed by atoms with E-state index in [0.717, 1.165) is 37.6 Å². The maximum Gasteiger partial charge on any atom is 0.293 e. The summed E-state index contributed by atoms with van der Waals surface area (Å²) < 4.78 is 12.7. The van der Waals surface area contributed by atoms with Crippen molar-refractivity contribution in [3.8, 4) is 11.5 Å². The molecule has 1 fully saturated rings. The van der Waals surface area contributed by atoms with Crippen molar-refractivity contribution in [2.24, 2.45) is 0 Å². The van der Waals surface area contributed by atoms with Gasteiger partial charge in [0.05, 0.1) is 21.6 Å². The van der Waals surface area contributed by atoms with Crippen molar-refractivity contribution >= 4 is 63.2 Å². The number of benzene rings is 3. The molecule has 0 atom stereocenters. The molecular formula is C27H23ClINO4S. The monoisotopic (exact) mass is 619 g/mol. The van der Waals surface area contributed by atoms with E-state index in [9.17, 15) is 9.59 Å². The van der Waals surface area contributed by atoms with Gasteiger partial charge in [0, 0.05) is 10.6 Å². The van der Waals surface area contributed by atoms with Gasteiger partial charge in [-0.25, -0.2) is 0 Å². The summed E-state index contributed by atoms with van der Waals surface area (Å²) >= 11 is 9.40. The van der Waals surface area contributed by atoms with Crippen molar-refractivity contribution in [1.82, 2.24) is 4.90 Å². The molecule has 0 N–H and O–H groups in total. The first-order chi connectivity index (χ1) is 16.9. The summed E-state index contributed by atoms with van der Waals surface area (Å²) in [7, 11) is 0. The van der Waals surface area contributed by atoms with Gasteiger partial charge in [-0.05, 0) is 89.2 Å². The van der Waals surface area contributed by atoms with E-state index in [1.165, 1.54) is 4.90 Å². The Labute approximate surface area is 227 Å². The molecule has 2 amide bonds. The number of carbonyl (C=O) groups excluding carboxylic acids is 2. The van der Waals surface area contributed by atoms with Crippen LogP contribution in [0.5, 0.6) is 11.5 Å². The Hall–Kier alpha value is -2.49. The zero-order valence-corrected chi connectivity index (χ0v) is 22.9. The van der Waals surface area contributed by atoms with E-state index in [-0.39, 0.29) is 17.7 Å². The van der Waals surface area contributed by atoms with Crippen LogP contribution >= 0.6 is 46.0 Å². The number of hydrogen-bond acceptors (Lipinski definition) is 5. The van der Waals surface area contributed by atoms with Gasteiger partial charge in [-0.2, -0.15) is 0 Å². The molecule has 0 aliphatic carbocycles. The summed E-state index contributed by atoms with van der Waals surface area (Å²) in [5.41, 5.74) is 3.62. The first kappa shape index (κ1) is 25.6. The molecule has 8 heteroatoms. The van der Waals surface area contributed by atoms with E-state index in [1.807, 2.05) is 74.5 Å². The molecule has 4 rings (SSSR count). The quantitative estimate of drug-likeness (QED) is 0.193. The number of ether oxygens (including phenoxy) is 2. The minimum Gasteiger partial charge on any atom is -0.490 e. The molecule has 1 aliphatic heterocycles. The Morgan fingerprint density at radius 1 is 1.03 bits per heavy atom. The van der Waals surface area contributed by atoms with Crippen LogP contribution < -0.4 is 9.47 Å². The molecule has 5 nitrogen and oxygen atoms in total. The summed E-state index contributed by atoms with van der Waals surface area (Å²) in [6, 6.07) is 19.0. The van der Waals surface area contributed by atoms with Gasteiger partial charge >= 0.3 is 0 Å². The first-order valence-corrected chi connectivity index (χ1v) is 13.3. The normalized spacial score (nSPS) is 14.6. The van der Waals surface area contributed by atoms with Crippen LogP contribution in [-0.2, 0) is 17.9 Å². The van der Waals surface area contributed by atoms with Crippen molar-refractivity contribution in [2.45, 2.75) is 27.0 Å². The molecule has 0 bridgehead atoms. The fourth-order valence-electron chi connectivity index (χ4n) is 3.59.